The number of benzene rings is 1. The van der Waals surface area contributed by atoms with E-state index in [2.05, 4.69) is 38.5 Å². The second-order valence-corrected chi connectivity index (χ2v) is 5.44. The van der Waals surface area contributed by atoms with E-state index in [1.54, 1.807) is 0 Å². The lowest BCUT2D eigenvalue weighted by Gasteiger charge is -2.27. The summed E-state index contributed by atoms with van der Waals surface area (Å²) in [6, 6.07) is 5.70. The molecule has 0 radical (unpaired) electrons. The maximum absolute atomic E-state index is 12.2. The van der Waals surface area contributed by atoms with E-state index in [9.17, 15) is 4.79 Å². The summed E-state index contributed by atoms with van der Waals surface area (Å²) in [6.45, 7) is 2.63. The van der Waals surface area contributed by atoms with Gasteiger partial charge in [-0.1, -0.05) is 6.07 Å². The Labute approximate surface area is 116 Å². The highest BCUT2D eigenvalue weighted by atomic mass is 127. The van der Waals surface area contributed by atoms with Gasteiger partial charge >= 0.3 is 0 Å². The Balaban J connectivity index is 2.22. The van der Waals surface area contributed by atoms with Crippen LogP contribution in [0, 0.1) is 3.57 Å². The predicted molar refractivity (Wildman–Crippen MR) is 73.6 cm³/mol. The Bertz CT molecular complexity index is 405. The molecule has 0 N–H and O–H groups in total. The molecule has 2 rings (SSSR count). The van der Waals surface area contributed by atoms with Crippen molar-refractivity contribution in [1.82, 2.24) is 4.90 Å². The van der Waals surface area contributed by atoms with E-state index in [0.717, 1.165) is 13.6 Å². The number of ether oxygens (including phenoxy) is 1. The molecule has 0 bridgehead atoms. The standard InChI is InChI=1S/C11H11BrINO2/c12-9-3-1-2-8(10(9)13)11(15)14-4-6-16-7-5-14/h1-3H,4-7H2. The highest BCUT2D eigenvalue weighted by Crippen LogP contribution is 2.23. The van der Waals surface area contributed by atoms with Crippen molar-refractivity contribution in [3.05, 3.63) is 31.8 Å². The molecule has 0 unspecified atom stereocenters. The fraction of sp³-hybridized carbons (Fsp3) is 0.364. The first-order valence-electron chi connectivity index (χ1n) is 5.01. The van der Waals surface area contributed by atoms with E-state index in [-0.39, 0.29) is 5.91 Å². The first kappa shape index (κ1) is 12.3. The van der Waals surface area contributed by atoms with Crippen LogP contribution in [0.25, 0.3) is 0 Å². The number of halogens is 2. The zero-order valence-corrected chi connectivity index (χ0v) is 12.3. The fourth-order valence-electron chi connectivity index (χ4n) is 1.61. The third-order valence-electron chi connectivity index (χ3n) is 2.48. The van der Waals surface area contributed by atoms with E-state index in [4.69, 9.17) is 4.74 Å². The predicted octanol–water partition coefficient (Wildman–Crippen LogP) is 2.53. The van der Waals surface area contributed by atoms with Crippen molar-refractivity contribution in [2.45, 2.75) is 0 Å². The monoisotopic (exact) mass is 395 g/mol. The molecule has 16 heavy (non-hydrogen) atoms. The first-order chi connectivity index (χ1) is 7.70. The largest absolute Gasteiger partial charge is 0.378 e. The van der Waals surface area contributed by atoms with E-state index < -0.39 is 0 Å². The third kappa shape index (κ3) is 2.57. The Morgan fingerprint density at radius 1 is 1.38 bits per heavy atom. The van der Waals surface area contributed by atoms with Crippen LogP contribution < -0.4 is 0 Å². The average Bonchev–Trinajstić information content (AvgIpc) is 2.33. The molecule has 5 heteroatoms. The van der Waals surface area contributed by atoms with E-state index in [0.29, 0.717) is 26.3 Å². The summed E-state index contributed by atoms with van der Waals surface area (Å²) >= 11 is 5.63. The van der Waals surface area contributed by atoms with E-state index in [1.165, 1.54) is 0 Å². The molecule has 86 valence electrons. The fourth-order valence-corrected chi connectivity index (χ4v) is 2.56. The summed E-state index contributed by atoms with van der Waals surface area (Å²) in [5.41, 5.74) is 0.761. The molecule has 0 aliphatic carbocycles. The van der Waals surface area contributed by atoms with Crippen LogP contribution >= 0.6 is 38.5 Å². The van der Waals surface area contributed by atoms with Crippen LogP contribution in [0.1, 0.15) is 10.4 Å². The molecule has 1 fully saturated rings. The number of nitrogens with zero attached hydrogens (tertiary/aromatic N) is 1. The van der Waals surface area contributed by atoms with Gasteiger partial charge < -0.3 is 9.64 Å². The van der Waals surface area contributed by atoms with Crippen molar-refractivity contribution < 1.29 is 9.53 Å². The van der Waals surface area contributed by atoms with Crippen molar-refractivity contribution >= 4 is 44.4 Å². The number of morpholine rings is 1. The number of carbonyl (C=O) groups excluding carboxylic acids is 1. The number of carbonyl (C=O) groups is 1. The Hall–Kier alpha value is -0.140. The molecule has 0 spiro atoms. The van der Waals surface area contributed by atoms with Crippen molar-refractivity contribution in [1.29, 1.82) is 0 Å². The molecule has 1 aliphatic rings. The van der Waals surface area contributed by atoms with Gasteiger partial charge in [-0.25, -0.2) is 0 Å². The quantitative estimate of drug-likeness (QED) is 0.684. The minimum atomic E-state index is 0.0917. The zero-order chi connectivity index (χ0) is 11.5. The number of hydrogen-bond acceptors (Lipinski definition) is 2. The van der Waals surface area contributed by atoms with E-state index >= 15 is 0 Å². The lowest BCUT2D eigenvalue weighted by molar-refractivity contribution is 0.0302. The molecule has 1 aromatic rings. The van der Waals surface area contributed by atoms with Gasteiger partial charge in [0.05, 0.1) is 18.8 Å². The lowest BCUT2D eigenvalue weighted by Crippen LogP contribution is -2.41. The van der Waals surface area contributed by atoms with Crippen LogP contribution in [-0.2, 0) is 4.74 Å². The molecular weight excluding hydrogens is 385 g/mol. The molecule has 1 saturated heterocycles. The maximum atomic E-state index is 12.2. The van der Waals surface area contributed by atoms with Crippen molar-refractivity contribution in [3.8, 4) is 0 Å². The van der Waals surface area contributed by atoms with Crippen molar-refractivity contribution in [2.75, 3.05) is 26.3 Å². The summed E-state index contributed by atoms with van der Waals surface area (Å²) < 4.78 is 7.17. The Morgan fingerprint density at radius 3 is 2.75 bits per heavy atom. The Morgan fingerprint density at radius 2 is 2.06 bits per heavy atom. The van der Waals surface area contributed by atoms with Gasteiger partial charge in [0, 0.05) is 21.1 Å². The SMILES string of the molecule is O=C(c1cccc(Br)c1I)N1CCOCC1. The van der Waals surface area contributed by atoms with Crippen molar-refractivity contribution in [3.63, 3.8) is 0 Å². The normalized spacial score (nSPS) is 16.2. The molecule has 1 aliphatic heterocycles. The summed E-state index contributed by atoms with van der Waals surface area (Å²) in [5, 5.41) is 0. The Kier molecular flexibility index (Phi) is 4.21. The summed E-state index contributed by atoms with van der Waals surface area (Å²) in [6.07, 6.45) is 0. The molecule has 1 aromatic carbocycles. The van der Waals surface area contributed by atoms with Crippen LogP contribution in [0.5, 0.6) is 0 Å². The second kappa shape index (κ2) is 5.46. The molecule has 0 aromatic heterocycles. The first-order valence-corrected chi connectivity index (χ1v) is 6.88. The molecule has 1 heterocycles. The summed E-state index contributed by atoms with van der Waals surface area (Å²) in [4.78, 5) is 14.1. The average molecular weight is 396 g/mol. The summed E-state index contributed by atoms with van der Waals surface area (Å²) in [5.74, 6) is 0.0917. The van der Waals surface area contributed by atoms with Gasteiger partial charge in [-0.3, -0.25) is 4.79 Å². The highest BCUT2D eigenvalue weighted by Gasteiger charge is 2.20. The van der Waals surface area contributed by atoms with Crippen LogP contribution in [-0.4, -0.2) is 37.1 Å². The van der Waals surface area contributed by atoms with E-state index in [1.807, 2.05) is 23.1 Å². The van der Waals surface area contributed by atoms with Gasteiger partial charge in [0.25, 0.3) is 5.91 Å². The lowest BCUT2D eigenvalue weighted by atomic mass is 10.2. The van der Waals surface area contributed by atoms with Crippen LogP contribution in [0.3, 0.4) is 0 Å². The smallest absolute Gasteiger partial charge is 0.255 e. The van der Waals surface area contributed by atoms with Crippen molar-refractivity contribution in [2.24, 2.45) is 0 Å². The topological polar surface area (TPSA) is 29.5 Å². The van der Waals surface area contributed by atoms with Gasteiger partial charge in [0.1, 0.15) is 0 Å². The minimum absolute atomic E-state index is 0.0917. The number of hydrogen-bond donors (Lipinski definition) is 0. The van der Waals surface area contributed by atoms with Crippen LogP contribution in [0.2, 0.25) is 0 Å². The van der Waals surface area contributed by atoms with Gasteiger partial charge in [-0.2, -0.15) is 0 Å². The third-order valence-corrected chi connectivity index (χ3v) is 5.04. The van der Waals surface area contributed by atoms with Crippen LogP contribution in [0.15, 0.2) is 22.7 Å². The van der Waals surface area contributed by atoms with Gasteiger partial charge in [0.2, 0.25) is 0 Å². The second-order valence-electron chi connectivity index (χ2n) is 3.51. The maximum Gasteiger partial charge on any atom is 0.255 e. The van der Waals surface area contributed by atoms with Gasteiger partial charge in [-0.15, -0.1) is 0 Å². The number of rotatable bonds is 1. The molecule has 3 nitrogen and oxygen atoms in total. The van der Waals surface area contributed by atoms with Gasteiger partial charge in [-0.05, 0) is 50.7 Å². The minimum Gasteiger partial charge on any atom is -0.378 e. The van der Waals surface area contributed by atoms with Crippen LogP contribution in [0.4, 0.5) is 0 Å². The molecule has 0 saturated carbocycles. The summed E-state index contributed by atoms with van der Waals surface area (Å²) in [7, 11) is 0. The molecular formula is C11H11BrINO2. The highest BCUT2D eigenvalue weighted by molar-refractivity contribution is 14.1. The molecule has 0 atom stereocenters. The molecule has 1 amide bonds. The number of amides is 1. The zero-order valence-electron chi connectivity index (χ0n) is 8.58. The van der Waals surface area contributed by atoms with Gasteiger partial charge in [0.15, 0.2) is 0 Å².